The lowest BCUT2D eigenvalue weighted by Crippen LogP contribution is -2.23. The molecule has 0 spiro atoms. The molecule has 0 saturated heterocycles. The maximum absolute atomic E-state index is 11.8. The van der Waals surface area contributed by atoms with Gasteiger partial charge < -0.3 is 9.42 Å². The van der Waals surface area contributed by atoms with Crippen LogP contribution in [-0.4, -0.2) is 27.4 Å². The van der Waals surface area contributed by atoms with Crippen LogP contribution in [0.15, 0.2) is 66.7 Å². The minimum absolute atomic E-state index is 0.0466. The molecular formula is C21H24N3O3P. The smallest absolute Gasteiger partial charge is 0.324 e. The molecule has 2 aromatic carbocycles. The molecule has 6 nitrogen and oxygen atoms in total. The summed E-state index contributed by atoms with van der Waals surface area (Å²) in [6.07, 6.45) is 0.457. The zero-order valence-electron chi connectivity index (χ0n) is 15.8. The number of nitrogens with zero attached hydrogens (tertiary/aromatic N) is 2. The molecule has 0 radical (unpaired) electrons. The van der Waals surface area contributed by atoms with Crippen LogP contribution < -0.4 is 5.49 Å². The highest BCUT2D eigenvalue weighted by Crippen LogP contribution is 2.42. The summed E-state index contributed by atoms with van der Waals surface area (Å²) in [7, 11) is -3.55. The van der Waals surface area contributed by atoms with Gasteiger partial charge in [0.2, 0.25) is 0 Å². The van der Waals surface area contributed by atoms with Crippen molar-refractivity contribution < 1.29 is 14.0 Å². The molecule has 1 heterocycles. The number of aromatic nitrogens is 2. The zero-order chi connectivity index (χ0) is 20.0. The lowest BCUT2D eigenvalue weighted by Gasteiger charge is -2.12. The van der Waals surface area contributed by atoms with Crippen molar-refractivity contribution in [3.63, 3.8) is 0 Å². The van der Waals surface area contributed by atoms with Crippen LogP contribution >= 0.6 is 7.60 Å². The van der Waals surface area contributed by atoms with E-state index in [2.05, 4.69) is 29.4 Å². The maximum Gasteiger partial charge on any atom is 0.328 e. The maximum atomic E-state index is 11.8. The van der Waals surface area contributed by atoms with Gasteiger partial charge in [0.1, 0.15) is 5.49 Å². The molecule has 28 heavy (non-hydrogen) atoms. The summed E-state index contributed by atoms with van der Waals surface area (Å²) in [5, 5.41) is 12.6. The fourth-order valence-electron chi connectivity index (χ4n) is 2.94. The van der Waals surface area contributed by atoms with E-state index in [1.807, 2.05) is 36.4 Å². The van der Waals surface area contributed by atoms with Gasteiger partial charge in [-0.15, -0.1) is 0 Å². The number of hydrogen-bond acceptors (Lipinski definition) is 4. The summed E-state index contributed by atoms with van der Waals surface area (Å²) in [5.41, 5.74) is 4.25. The number of hydrogen-bond donors (Lipinski definition) is 2. The first-order valence-electron chi connectivity index (χ1n) is 9.23. The molecule has 0 bridgehead atoms. The summed E-state index contributed by atoms with van der Waals surface area (Å²) < 4.78 is 18.2. The molecule has 0 aliphatic carbocycles. The number of nitrogens with one attached hydrogen (secondary N) is 1. The summed E-state index contributed by atoms with van der Waals surface area (Å²) in [5.74, 6) is 0. The Morgan fingerprint density at radius 3 is 2.32 bits per heavy atom. The van der Waals surface area contributed by atoms with E-state index >= 15 is 0 Å². The second kappa shape index (κ2) is 9.11. The first kappa shape index (κ1) is 20.2. The van der Waals surface area contributed by atoms with Crippen LogP contribution in [0.1, 0.15) is 13.3 Å². The molecule has 0 fully saturated rings. The van der Waals surface area contributed by atoms with E-state index in [4.69, 9.17) is 9.93 Å². The highest BCUT2D eigenvalue weighted by molar-refractivity contribution is 7.52. The van der Waals surface area contributed by atoms with Gasteiger partial charge in [0.05, 0.1) is 18.5 Å². The van der Waals surface area contributed by atoms with E-state index in [1.165, 1.54) is 0 Å². The van der Waals surface area contributed by atoms with Crippen molar-refractivity contribution in [3.05, 3.63) is 72.2 Å². The van der Waals surface area contributed by atoms with Crippen LogP contribution in [0.3, 0.4) is 0 Å². The molecular weight excluding hydrogens is 373 g/mol. The van der Waals surface area contributed by atoms with Crippen LogP contribution in [0.2, 0.25) is 0 Å². The fourth-order valence-corrected chi connectivity index (χ4v) is 4.01. The van der Waals surface area contributed by atoms with E-state index in [1.54, 1.807) is 17.7 Å². The highest BCUT2D eigenvalue weighted by atomic mass is 31.2. The monoisotopic (exact) mass is 397 g/mol. The van der Waals surface area contributed by atoms with E-state index in [0.717, 1.165) is 22.4 Å². The van der Waals surface area contributed by atoms with E-state index < -0.39 is 7.60 Å². The number of rotatable bonds is 8. The molecule has 2 N–H and O–H groups in total. The Bertz CT molecular complexity index is 1020. The average molecular weight is 397 g/mol. The Labute approximate surface area is 164 Å². The Kier molecular flexibility index (Phi) is 6.57. The largest absolute Gasteiger partial charge is 0.328 e. The summed E-state index contributed by atoms with van der Waals surface area (Å²) in [6.45, 7) is 2.28. The quantitative estimate of drug-likeness (QED) is 0.555. The van der Waals surface area contributed by atoms with Gasteiger partial charge in [-0.2, -0.15) is 5.10 Å². The van der Waals surface area contributed by atoms with Crippen LogP contribution in [0.4, 0.5) is 0 Å². The Balaban J connectivity index is 1.74. The summed E-state index contributed by atoms with van der Waals surface area (Å²) in [6, 6.07) is 21.8. The molecule has 1 atom stereocenters. The third-order valence-electron chi connectivity index (χ3n) is 4.33. The topological polar surface area (TPSA) is 88.2 Å². The molecule has 0 amide bonds. The standard InChI is InChI=1S/C21H24N3O3P/c1-2-27-28(25,26)16-6-15-24-21(22)14-13-20(23-24)19-11-9-18(10-12-19)17-7-4-3-5-8-17/h3-5,7-14,22H,2,6,15-16H2,1H3,(H,25,26). The first-order valence-corrected chi connectivity index (χ1v) is 11.0. The molecule has 3 aromatic rings. The minimum atomic E-state index is -3.55. The lowest BCUT2D eigenvalue weighted by atomic mass is 10.0. The van der Waals surface area contributed by atoms with Crippen molar-refractivity contribution in [2.75, 3.05) is 12.8 Å². The molecule has 7 heteroatoms. The molecule has 146 valence electrons. The molecule has 1 aromatic heterocycles. The molecule has 0 saturated carbocycles. The van der Waals surface area contributed by atoms with Gasteiger partial charge in [0.15, 0.2) is 0 Å². The predicted molar refractivity (Wildman–Crippen MR) is 110 cm³/mol. The lowest BCUT2D eigenvalue weighted by molar-refractivity contribution is 0.272. The zero-order valence-corrected chi connectivity index (χ0v) is 16.7. The first-order chi connectivity index (χ1) is 13.5. The fraction of sp³-hybridized carbons (Fsp3) is 0.238. The summed E-state index contributed by atoms with van der Waals surface area (Å²) >= 11 is 0. The number of benzene rings is 2. The molecule has 3 rings (SSSR count). The van der Waals surface area contributed by atoms with Crippen molar-refractivity contribution in [2.45, 2.75) is 19.9 Å². The molecule has 0 aliphatic rings. The van der Waals surface area contributed by atoms with Gasteiger partial charge in [0.25, 0.3) is 0 Å². The second-order valence-electron chi connectivity index (χ2n) is 6.40. The van der Waals surface area contributed by atoms with Crippen LogP contribution in [0, 0.1) is 5.41 Å². The third kappa shape index (κ3) is 5.26. The second-order valence-corrected chi connectivity index (χ2v) is 8.38. The van der Waals surface area contributed by atoms with Crippen LogP contribution in [0.5, 0.6) is 0 Å². The van der Waals surface area contributed by atoms with Crippen molar-refractivity contribution in [3.8, 4) is 22.4 Å². The van der Waals surface area contributed by atoms with E-state index in [0.29, 0.717) is 13.0 Å². The van der Waals surface area contributed by atoms with Crippen molar-refractivity contribution >= 4 is 7.60 Å². The Hall–Kier alpha value is -2.53. The number of aryl methyl sites for hydroxylation is 1. The average Bonchev–Trinajstić information content (AvgIpc) is 2.70. The normalized spacial score (nSPS) is 13.2. The van der Waals surface area contributed by atoms with Gasteiger partial charge in [-0.25, -0.2) is 4.68 Å². The van der Waals surface area contributed by atoms with Gasteiger partial charge in [-0.3, -0.25) is 9.97 Å². The third-order valence-corrected chi connectivity index (χ3v) is 5.88. The van der Waals surface area contributed by atoms with Crippen molar-refractivity contribution in [1.82, 2.24) is 9.78 Å². The highest BCUT2D eigenvalue weighted by Gasteiger charge is 2.17. The van der Waals surface area contributed by atoms with Gasteiger partial charge in [0, 0.05) is 12.1 Å². The Morgan fingerprint density at radius 2 is 1.64 bits per heavy atom. The molecule has 0 aliphatic heterocycles. The Morgan fingerprint density at radius 1 is 1.00 bits per heavy atom. The summed E-state index contributed by atoms with van der Waals surface area (Å²) in [4.78, 5) is 9.67. The minimum Gasteiger partial charge on any atom is -0.324 e. The van der Waals surface area contributed by atoms with E-state index in [9.17, 15) is 9.46 Å². The van der Waals surface area contributed by atoms with Gasteiger partial charge in [-0.05, 0) is 36.6 Å². The van der Waals surface area contributed by atoms with Crippen molar-refractivity contribution in [1.29, 1.82) is 5.41 Å². The van der Waals surface area contributed by atoms with Gasteiger partial charge in [-0.1, -0.05) is 54.6 Å². The predicted octanol–water partition coefficient (Wildman–Crippen LogP) is 4.31. The van der Waals surface area contributed by atoms with Crippen LogP contribution in [-0.2, 0) is 15.6 Å². The van der Waals surface area contributed by atoms with E-state index in [-0.39, 0.29) is 18.3 Å². The van der Waals surface area contributed by atoms with Crippen molar-refractivity contribution in [2.24, 2.45) is 0 Å². The van der Waals surface area contributed by atoms with Gasteiger partial charge >= 0.3 is 7.60 Å². The molecule has 1 unspecified atom stereocenters. The SMILES string of the molecule is CCOP(=O)(O)CCCn1nc(-c2ccc(-c3ccccc3)cc2)ccc1=N. The van der Waals surface area contributed by atoms with Crippen LogP contribution in [0.25, 0.3) is 22.4 Å².